The summed E-state index contributed by atoms with van der Waals surface area (Å²) in [5, 5.41) is 7.26. The van der Waals surface area contributed by atoms with Gasteiger partial charge in [-0.3, -0.25) is 0 Å². The molecule has 2 aliphatic rings. The summed E-state index contributed by atoms with van der Waals surface area (Å²) in [4.78, 5) is 2.49. The normalized spacial score (nSPS) is 35.6. The van der Waals surface area contributed by atoms with Crippen molar-refractivity contribution in [2.45, 2.75) is 44.8 Å². The Labute approximate surface area is 87.2 Å². The highest BCUT2D eigenvalue weighted by Crippen LogP contribution is 2.13. The fourth-order valence-electron chi connectivity index (χ4n) is 2.55. The lowest BCUT2D eigenvalue weighted by Gasteiger charge is -2.42. The molecule has 0 spiro atoms. The number of rotatable bonds is 3. The van der Waals surface area contributed by atoms with Crippen LogP contribution in [0.3, 0.4) is 0 Å². The van der Waals surface area contributed by atoms with Crippen molar-refractivity contribution in [3.63, 3.8) is 0 Å². The van der Waals surface area contributed by atoms with E-state index >= 15 is 0 Å². The van der Waals surface area contributed by atoms with E-state index in [4.69, 9.17) is 0 Å². The summed E-state index contributed by atoms with van der Waals surface area (Å²) < 4.78 is 0. The Hall–Kier alpha value is -0.120. The number of nitrogens with zero attached hydrogens (tertiary/aromatic N) is 1. The van der Waals surface area contributed by atoms with Gasteiger partial charge in [-0.15, -0.1) is 0 Å². The van der Waals surface area contributed by atoms with Crippen molar-refractivity contribution in [1.82, 2.24) is 15.5 Å². The third-order valence-electron chi connectivity index (χ3n) is 3.50. The van der Waals surface area contributed by atoms with Gasteiger partial charge in [0, 0.05) is 31.2 Å². The summed E-state index contributed by atoms with van der Waals surface area (Å²) in [7, 11) is 0. The number of nitrogens with one attached hydrogen (secondary N) is 2. The Bertz CT molecular complexity index is 177. The highest BCUT2D eigenvalue weighted by molar-refractivity contribution is 4.90. The smallest absolute Gasteiger partial charge is 0.0325 e. The van der Waals surface area contributed by atoms with Crippen LogP contribution in [0.2, 0.25) is 0 Å². The monoisotopic (exact) mass is 197 g/mol. The maximum atomic E-state index is 3.77. The fraction of sp³-hybridized carbons (Fsp3) is 1.00. The van der Waals surface area contributed by atoms with E-state index in [1.54, 1.807) is 0 Å². The first-order valence-corrected chi connectivity index (χ1v) is 5.99. The Kier molecular flexibility index (Phi) is 3.42. The van der Waals surface area contributed by atoms with Gasteiger partial charge in [0.2, 0.25) is 0 Å². The van der Waals surface area contributed by atoms with Crippen LogP contribution in [-0.2, 0) is 0 Å². The van der Waals surface area contributed by atoms with Crippen LogP contribution in [0.5, 0.6) is 0 Å². The predicted molar refractivity (Wildman–Crippen MR) is 59.5 cm³/mol. The van der Waals surface area contributed by atoms with Crippen LogP contribution in [0.1, 0.15) is 26.7 Å². The Morgan fingerprint density at radius 1 is 1.36 bits per heavy atom. The SMILES string of the molecule is CCN1CC(NC2CCNC(C)C2)C1. The van der Waals surface area contributed by atoms with Gasteiger partial charge in [0.25, 0.3) is 0 Å². The van der Waals surface area contributed by atoms with Crippen molar-refractivity contribution in [2.75, 3.05) is 26.2 Å². The second-order valence-electron chi connectivity index (χ2n) is 4.79. The van der Waals surface area contributed by atoms with E-state index in [0.717, 1.165) is 12.1 Å². The average molecular weight is 197 g/mol. The molecular formula is C11H23N3. The highest BCUT2D eigenvalue weighted by Gasteiger charge is 2.28. The molecule has 2 aliphatic heterocycles. The van der Waals surface area contributed by atoms with Crippen LogP contribution in [0.25, 0.3) is 0 Å². The van der Waals surface area contributed by atoms with Crippen molar-refractivity contribution in [1.29, 1.82) is 0 Å². The highest BCUT2D eigenvalue weighted by atomic mass is 15.2. The summed E-state index contributed by atoms with van der Waals surface area (Å²) in [6.45, 7) is 9.43. The molecule has 0 aliphatic carbocycles. The zero-order valence-corrected chi connectivity index (χ0v) is 9.42. The van der Waals surface area contributed by atoms with Crippen molar-refractivity contribution in [3.05, 3.63) is 0 Å². The molecule has 2 rings (SSSR count). The fourth-order valence-corrected chi connectivity index (χ4v) is 2.55. The summed E-state index contributed by atoms with van der Waals surface area (Å²) in [5.74, 6) is 0. The first kappa shape index (κ1) is 10.4. The van der Waals surface area contributed by atoms with Crippen molar-refractivity contribution >= 4 is 0 Å². The van der Waals surface area contributed by atoms with Gasteiger partial charge >= 0.3 is 0 Å². The van der Waals surface area contributed by atoms with E-state index in [1.807, 2.05) is 0 Å². The maximum Gasteiger partial charge on any atom is 0.0325 e. The van der Waals surface area contributed by atoms with Gasteiger partial charge in [-0.1, -0.05) is 6.92 Å². The largest absolute Gasteiger partial charge is 0.314 e. The number of piperidine rings is 1. The molecule has 0 bridgehead atoms. The summed E-state index contributed by atoms with van der Waals surface area (Å²) in [6, 6.07) is 2.23. The summed E-state index contributed by atoms with van der Waals surface area (Å²) in [6.07, 6.45) is 2.59. The van der Waals surface area contributed by atoms with Crippen molar-refractivity contribution < 1.29 is 0 Å². The molecule has 0 aromatic carbocycles. The van der Waals surface area contributed by atoms with Crippen LogP contribution in [0.15, 0.2) is 0 Å². The van der Waals surface area contributed by atoms with Crippen LogP contribution >= 0.6 is 0 Å². The molecule has 0 radical (unpaired) electrons. The minimum absolute atomic E-state index is 0.698. The molecule has 0 amide bonds. The van der Waals surface area contributed by atoms with Gasteiger partial charge in [-0.05, 0) is 32.9 Å². The van der Waals surface area contributed by atoms with E-state index in [9.17, 15) is 0 Å². The Morgan fingerprint density at radius 2 is 2.14 bits per heavy atom. The minimum atomic E-state index is 0.698. The predicted octanol–water partition coefficient (Wildman–Crippen LogP) is 0.421. The molecule has 14 heavy (non-hydrogen) atoms. The molecule has 3 heteroatoms. The first-order chi connectivity index (χ1) is 6.78. The number of hydrogen-bond acceptors (Lipinski definition) is 3. The molecule has 2 unspecified atom stereocenters. The molecule has 2 saturated heterocycles. The van der Waals surface area contributed by atoms with E-state index < -0.39 is 0 Å². The molecule has 82 valence electrons. The third kappa shape index (κ3) is 2.47. The lowest BCUT2D eigenvalue weighted by molar-refractivity contribution is 0.117. The molecule has 2 atom stereocenters. The topological polar surface area (TPSA) is 27.3 Å². The second kappa shape index (κ2) is 4.60. The first-order valence-electron chi connectivity index (χ1n) is 5.99. The average Bonchev–Trinajstić information content (AvgIpc) is 2.10. The van der Waals surface area contributed by atoms with Gasteiger partial charge < -0.3 is 15.5 Å². The minimum Gasteiger partial charge on any atom is -0.314 e. The Balaban J connectivity index is 1.66. The van der Waals surface area contributed by atoms with Gasteiger partial charge in [0.05, 0.1) is 0 Å². The van der Waals surface area contributed by atoms with E-state index in [0.29, 0.717) is 6.04 Å². The van der Waals surface area contributed by atoms with Gasteiger partial charge in [0.15, 0.2) is 0 Å². The van der Waals surface area contributed by atoms with Crippen LogP contribution in [0.4, 0.5) is 0 Å². The lowest BCUT2D eigenvalue weighted by atomic mass is 9.98. The quantitative estimate of drug-likeness (QED) is 0.687. The molecule has 3 nitrogen and oxygen atoms in total. The molecular weight excluding hydrogens is 174 g/mol. The van der Waals surface area contributed by atoms with E-state index in [1.165, 1.54) is 39.0 Å². The number of likely N-dealkylation sites (N-methyl/N-ethyl adjacent to an activating group) is 1. The Morgan fingerprint density at radius 3 is 2.79 bits per heavy atom. The van der Waals surface area contributed by atoms with Crippen molar-refractivity contribution in [2.24, 2.45) is 0 Å². The second-order valence-corrected chi connectivity index (χ2v) is 4.79. The molecule has 0 aromatic rings. The standard InChI is InChI=1S/C11H23N3/c1-3-14-7-11(8-14)13-10-4-5-12-9(2)6-10/h9-13H,3-8H2,1-2H3. The molecule has 2 fully saturated rings. The summed E-state index contributed by atoms with van der Waals surface area (Å²) in [5.41, 5.74) is 0. The zero-order chi connectivity index (χ0) is 9.97. The third-order valence-corrected chi connectivity index (χ3v) is 3.50. The molecule has 0 aromatic heterocycles. The van der Waals surface area contributed by atoms with Crippen molar-refractivity contribution in [3.8, 4) is 0 Å². The molecule has 0 saturated carbocycles. The van der Waals surface area contributed by atoms with Crippen LogP contribution in [0, 0.1) is 0 Å². The lowest BCUT2D eigenvalue weighted by Crippen LogP contribution is -2.61. The number of likely N-dealkylation sites (tertiary alicyclic amines) is 1. The van der Waals surface area contributed by atoms with Crippen LogP contribution in [-0.4, -0.2) is 49.2 Å². The maximum absolute atomic E-state index is 3.77. The number of hydrogen-bond donors (Lipinski definition) is 2. The zero-order valence-electron chi connectivity index (χ0n) is 9.42. The molecule has 2 N–H and O–H groups in total. The van der Waals surface area contributed by atoms with Gasteiger partial charge in [-0.25, -0.2) is 0 Å². The molecule has 2 heterocycles. The van der Waals surface area contributed by atoms with Gasteiger partial charge in [-0.2, -0.15) is 0 Å². The van der Waals surface area contributed by atoms with E-state index in [-0.39, 0.29) is 0 Å². The summed E-state index contributed by atoms with van der Waals surface area (Å²) >= 11 is 0. The van der Waals surface area contributed by atoms with Crippen LogP contribution < -0.4 is 10.6 Å². The van der Waals surface area contributed by atoms with E-state index in [2.05, 4.69) is 29.4 Å². The van der Waals surface area contributed by atoms with Gasteiger partial charge in [0.1, 0.15) is 0 Å².